The molecule has 1 heterocycles. The number of amides is 1. The van der Waals surface area contributed by atoms with Crippen LogP contribution in [0.15, 0.2) is 35.3 Å². The zero-order valence-electron chi connectivity index (χ0n) is 9.64. The Kier molecular flexibility index (Phi) is 3.93. The average Bonchev–Trinajstić information content (AvgIpc) is 2.34. The summed E-state index contributed by atoms with van der Waals surface area (Å²) in [5, 5.41) is 3.91. The van der Waals surface area contributed by atoms with Gasteiger partial charge in [-0.15, -0.1) is 0 Å². The Hall–Kier alpha value is -1.77. The van der Waals surface area contributed by atoms with Crippen molar-refractivity contribution in [3.05, 3.63) is 61.3 Å². The van der Waals surface area contributed by atoms with Crippen LogP contribution in [0.5, 0.6) is 0 Å². The number of benzene rings is 1. The van der Waals surface area contributed by atoms with Gasteiger partial charge in [0, 0.05) is 20.8 Å². The van der Waals surface area contributed by atoms with Gasteiger partial charge in [-0.1, -0.05) is 6.07 Å². The van der Waals surface area contributed by atoms with Crippen LogP contribution in [0.25, 0.3) is 0 Å². The lowest BCUT2D eigenvalue weighted by Gasteiger charge is -2.06. The molecule has 0 saturated carbocycles. The third-order valence-corrected chi connectivity index (χ3v) is 3.08. The van der Waals surface area contributed by atoms with Crippen molar-refractivity contribution in [2.75, 3.05) is 0 Å². The van der Waals surface area contributed by atoms with Gasteiger partial charge in [-0.3, -0.25) is 9.59 Å². The maximum atomic E-state index is 13.8. The summed E-state index contributed by atoms with van der Waals surface area (Å²) in [5.74, 6) is -1.29. The summed E-state index contributed by atoms with van der Waals surface area (Å²) in [5.41, 5.74) is 5.09. The van der Waals surface area contributed by atoms with E-state index in [2.05, 4.69) is 5.10 Å². The lowest BCUT2D eigenvalue weighted by atomic mass is 10.1. The Balaban J connectivity index is 2.33. The van der Waals surface area contributed by atoms with Crippen LogP contribution >= 0.6 is 22.6 Å². The summed E-state index contributed by atoms with van der Waals surface area (Å²) >= 11 is 1.97. The molecule has 0 unspecified atom stereocenters. The Morgan fingerprint density at radius 1 is 1.42 bits per heavy atom. The number of aromatic nitrogens is 2. The Morgan fingerprint density at radius 2 is 2.16 bits per heavy atom. The lowest BCUT2D eigenvalue weighted by Crippen LogP contribution is -2.23. The Labute approximate surface area is 121 Å². The van der Waals surface area contributed by atoms with Crippen LogP contribution < -0.4 is 11.3 Å². The molecule has 2 aromatic rings. The first kappa shape index (κ1) is 13.7. The molecule has 0 radical (unpaired) electrons. The summed E-state index contributed by atoms with van der Waals surface area (Å²) < 4.78 is 15.6. The van der Waals surface area contributed by atoms with Crippen molar-refractivity contribution < 1.29 is 9.18 Å². The van der Waals surface area contributed by atoms with Gasteiger partial charge in [0.15, 0.2) is 0 Å². The third kappa shape index (κ3) is 3.16. The van der Waals surface area contributed by atoms with E-state index in [0.29, 0.717) is 3.57 Å². The van der Waals surface area contributed by atoms with E-state index in [-0.39, 0.29) is 23.2 Å². The molecule has 0 fully saturated rings. The molecule has 1 aromatic heterocycles. The van der Waals surface area contributed by atoms with E-state index in [9.17, 15) is 14.0 Å². The monoisotopic (exact) mass is 373 g/mol. The molecule has 0 spiro atoms. The number of hydrogen-bond acceptors (Lipinski definition) is 3. The molecule has 0 atom stereocenters. The maximum Gasteiger partial charge on any atom is 0.268 e. The fourth-order valence-electron chi connectivity index (χ4n) is 1.52. The molecular formula is C12H9FIN3O2. The number of nitrogens with zero attached hydrogens (tertiary/aromatic N) is 2. The summed E-state index contributed by atoms with van der Waals surface area (Å²) in [7, 11) is 0. The van der Waals surface area contributed by atoms with E-state index in [1.54, 1.807) is 0 Å². The molecule has 19 heavy (non-hydrogen) atoms. The largest absolute Gasteiger partial charge is 0.366 e. The van der Waals surface area contributed by atoms with E-state index < -0.39 is 11.7 Å². The van der Waals surface area contributed by atoms with Crippen LogP contribution in [0.2, 0.25) is 0 Å². The zero-order valence-corrected chi connectivity index (χ0v) is 11.8. The number of carbonyl (C=O) groups is 1. The number of rotatable bonds is 3. The molecule has 2 rings (SSSR count). The first-order valence-electron chi connectivity index (χ1n) is 5.28. The number of nitrogens with two attached hydrogens (primary N) is 1. The standard InChI is InChI=1S/C12H9FIN3O2/c13-10-3-7(12(15)19)1-2-8(10)6-17-11(18)4-9(14)5-16-17/h1-5H,6H2,(H2,15,19). The predicted molar refractivity (Wildman–Crippen MR) is 75.2 cm³/mol. The van der Waals surface area contributed by atoms with Crippen LogP contribution in [0.3, 0.4) is 0 Å². The van der Waals surface area contributed by atoms with Crippen molar-refractivity contribution in [1.82, 2.24) is 9.78 Å². The van der Waals surface area contributed by atoms with Crippen LogP contribution in [0.1, 0.15) is 15.9 Å². The molecular weight excluding hydrogens is 364 g/mol. The van der Waals surface area contributed by atoms with Gasteiger partial charge in [0.05, 0.1) is 12.7 Å². The lowest BCUT2D eigenvalue weighted by molar-refractivity contribution is 0.1000. The number of hydrogen-bond donors (Lipinski definition) is 1. The highest BCUT2D eigenvalue weighted by Crippen LogP contribution is 2.11. The van der Waals surface area contributed by atoms with Crippen molar-refractivity contribution in [2.24, 2.45) is 5.73 Å². The second kappa shape index (κ2) is 5.47. The van der Waals surface area contributed by atoms with E-state index >= 15 is 0 Å². The van der Waals surface area contributed by atoms with Crippen molar-refractivity contribution in [2.45, 2.75) is 6.54 Å². The van der Waals surface area contributed by atoms with Gasteiger partial charge in [-0.05, 0) is 34.7 Å². The number of primary amides is 1. The second-order valence-electron chi connectivity index (χ2n) is 3.84. The van der Waals surface area contributed by atoms with Crippen LogP contribution in [0.4, 0.5) is 4.39 Å². The van der Waals surface area contributed by atoms with Gasteiger partial charge >= 0.3 is 0 Å². The summed E-state index contributed by atoms with van der Waals surface area (Å²) in [6, 6.07) is 5.29. The highest BCUT2D eigenvalue weighted by molar-refractivity contribution is 14.1. The predicted octanol–water partition coefficient (Wildman–Crippen LogP) is 1.13. The molecule has 1 amide bonds. The molecule has 0 aliphatic rings. The normalized spacial score (nSPS) is 10.4. The first-order chi connectivity index (χ1) is 8.97. The molecule has 2 N–H and O–H groups in total. The summed E-state index contributed by atoms with van der Waals surface area (Å²) in [6.07, 6.45) is 1.51. The topological polar surface area (TPSA) is 78.0 Å². The minimum absolute atomic E-state index is 0.000624. The van der Waals surface area contributed by atoms with Crippen LogP contribution in [0, 0.1) is 9.39 Å². The minimum atomic E-state index is -0.699. The molecule has 0 aliphatic carbocycles. The van der Waals surface area contributed by atoms with Crippen molar-refractivity contribution >= 4 is 28.5 Å². The van der Waals surface area contributed by atoms with Crippen LogP contribution in [-0.2, 0) is 6.54 Å². The SMILES string of the molecule is NC(=O)c1ccc(Cn2ncc(I)cc2=O)c(F)c1. The number of carbonyl (C=O) groups excluding carboxylic acids is 1. The number of halogens is 2. The van der Waals surface area contributed by atoms with Gasteiger partial charge < -0.3 is 5.73 Å². The minimum Gasteiger partial charge on any atom is -0.366 e. The van der Waals surface area contributed by atoms with Crippen molar-refractivity contribution in [1.29, 1.82) is 0 Å². The van der Waals surface area contributed by atoms with Crippen molar-refractivity contribution in [3.8, 4) is 0 Å². The second-order valence-corrected chi connectivity index (χ2v) is 5.09. The molecule has 0 saturated heterocycles. The molecule has 1 aromatic carbocycles. The van der Waals surface area contributed by atoms with E-state index in [0.717, 1.165) is 10.7 Å². The van der Waals surface area contributed by atoms with Crippen molar-refractivity contribution in [3.63, 3.8) is 0 Å². The summed E-state index contributed by atoms with van der Waals surface area (Å²) in [4.78, 5) is 22.5. The highest BCUT2D eigenvalue weighted by atomic mass is 127. The maximum absolute atomic E-state index is 13.8. The molecule has 0 aliphatic heterocycles. The smallest absolute Gasteiger partial charge is 0.268 e. The van der Waals surface area contributed by atoms with Gasteiger partial charge in [0.25, 0.3) is 5.56 Å². The van der Waals surface area contributed by atoms with Gasteiger partial charge in [-0.2, -0.15) is 5.10 Å². The molecule has 98 valence electrons. The molecule has 0 bridgehead atoms. The fourth-order valence-corrected chi connectivity index (χ4v) is 1.91. The molecule has 7 heteroatoms. The van der Waals surface area contributed by atoms with E-state index in [1.165, 1.54) is 24.4 Å². The van der Waals surface area contributed by atoms with Crippen LogP contribution in [-0.4, -0.2) is 15.7 Å². The van der Waals surface area contributed by atoms with E-state index in [4.69, 9.17) is 5.73 Å². The van der Waals surface area contributed by atoms with Gasteiger partial charge in [0.1, 0.15) is 5.82 Å². The van der Waals surface area contributed by atoms with E-state index in [1.807, 2.05) is 22.6 Å². The van der Waals surface area contributed by atoms with Gasteiger partial charge in [0.2, 0.25) is 5.91 Å². The fraction of sp³-hybridized carbons (Fsp3) is 0.0833. The molecule has 5 nitrogen and oxygen atoms in total. The quantitative estimate of drug-likeness (QED) is 0.820. The Bertz CT molecular complexity index is 700. The summed E-state index contributed by atoms with van der Waals surface area (Å²) in [6.45, 7) is 0.000624. The average molecular weight is 373 g/mol. The third-order valence-electron chi connectivity index (χ3n) is 2.49. The van der Waals surface area contributed by atoms with Gasteiger partial charge in [-0.25, -0.2) is 9.07 Å². The highest BCUT2D eigenvalue weighted by Gasteiger charge is 2.09. The first-order valence-corrected chi connectivity index (χ1v) is 6.36. The zero-order chi connectivity index (χ0) is 14.0. The Morgan fingerprint density at radius 3 is 2.74 bits per heavy atom.